The zero-order chi connectivity index (χ0) is 15.6. The topological polar surface area (TPSA) is 41.6 Å². The average molecular weight is 294 g/mol. The third kappa shape index (κ3) is 3.46. The second kappa shape index (κ2) is 6.33. The maximum absolute atomic E-state index is 14.0. The lowest BCUT2D eigenvalue weighted by Crippen LogP contribution is -2.44. The number of rotatable bonds is 5. The smallest absolute Gasteiger partial charge is 0.317 e. The van der Waals surface area contributed by atoms with Gasteiger partial charge >= 0.3 is 6.03 Å². The minimum absolute atomic E-state index is 0.188. The van der Waals surface area contributed by atoms with Crippen molar-refractivity contribution in [3.63, 3.8) is 0 Å². The fraction of sp³-hybridized carbons (Fsp3) is 0.562. The molecule has 1 aromatic rings. The van der Waals surface area contributed by atoms with Gasteiger partial charge in [-0.3, -0.25) is 0 Å². The molecule has 1 fully saturated rings. The Bertz CT molecular complexity index is 517. The molecule has 0 spiro atoms. The first kappa shape index (κ1) is 15.6. The van der Waals surface area contributed by atoms with Gasteiger partial charge in [-0.1, -0.05) is 6.07 Å². The highest BCUT2D eigenvalue weighted by molar-refractivity contribution is 5.75. The van der Waals surface area contributed by atoms with Crippen LogP contribution in [0.15, 0.2) is 18.2 Å². The van der Waals surface area contributed by atoms with Gasteiger partial charge in [0, 0.05) is 13.1 Å². The number of ether oxygens (including phenoxy) is 1. The quantitative estimate of drug-likeness (QED) is 0.905. The van der Waals surface area contributed by atoms with Gasteiger partial charge in [0.25, 0.3) is 0 Å². The lowest BCUT2D eigenvalue weighted by molar-refractivity contribution is 0.184. The second-order valence-corrected chi connectivity index (χ2v) is 5.72. The predicted molar refractivity (Wildman–Crippen MR) is 79.8 cm³/mol. The molecule has 2 amide bonds. The van der Waals surface area contributed by atoms with Crippen molar-refractivity contribution in [3.05, 3.63) is 29.6 Å². The van der Waals surface area contributed by atoms with Gasteiger partial charge < -0.3 is 15.0 Å². The third-order valence-corrected chi connectivity index (χ3v) is 4.24. The second-order valence-electron chi connectivity index (χ2n) is 5.72. The Kier molecular flexibility index (Phi) is 4.70. The molecule has 1 aliphatic carbocycles. The summed E-state index contributed by atoms with van der Waals surface area (Å²) >= 11 is 0. The fourth-order valence-electron chi connectivity index (χ4n) is 2.55. The van der Waals surface area contributed by atoms with E-state index in [1.165, 1.54) is 26.0 Å². The molecule has 0 unspecified atom stereocenters. The van der Waals surface area contributed by atoms with Crippen LogP contribution in [0, 0.1) is 11.7 Å². The SMILES string of the molecule is COc1cccc(F)c1[C@@H](C)NC(=O)N(C)[C@@H](C)C1CC1. The Hall–Kier alpha value is -1.78. The van der Waals surface area contributed by atoms with Crippen LogP contribution in [-0.2, 0) is 0 Å². The minimum atomic E-state index is -0.456. The van der Waals surface area contributed by atoms with Crippen LogP contribution in [0.4, 0.5) is 9.18 Å². The van der Waals surface area contributed by atoms with Crippen LogP contribution >= 0.6 is 0 Å². The lowest BCUT2D eigenvalue weighted by atomic mass is 10.1. The fourth-order valence-corrected chi connectivity index (χ4v) is 2.55. The Labute approximate surface area is 125 Å². The summed E-state index contributed by atoms with van der Waals surface area (Å²) in [7, 11) is 3.28. The summed E-state index contributed by atoms with van der Waals surface area (Å²) in [6.07, 6.45) is 2.35. The van der Waals surface area contributed by atoms with E-state index in [4.69, 9.17) is 4.74 Å². The highest BCUT2D eigenvalue weighted by Gasteiger charge is 2.33. The van der Waals surface area contributed by atoms with Crippen molar-refractivity contribution in [2.45, 2.75) is 38.8 Å². The van der Waals surface area contributed by atoms with Crippen LogP contribution in [0.25, 0.3) is 0 Å². The van der Waals surface area contributed by atoms with E-state index >= 15 is 0 Å². The standard InChI is InChI=1S/C16H23FN2O2/c1-10(15-13(17)6-5-7-14(15)21-4)18-16(20)19(3)11(2)12-8-9-12/h5-7,10-12H,8-9H2,1-4H3,(H,18,20)/t10-,11+/m1/s1. The Balaban J connectivity index is 2.07. The van der Waals surface area contributed by atoms with Gasteiger partial charge in [0.05, 0.1) is 18.7 Å². The third-order valence-electron chi connectivity index (χ3n) is 4.24. The Morgan fingerprint density at radius 1 is 1.43 bits per heavy atom. The Morgan fingerprint density at radius 3 is 2.67 bits per heavy atom. The molecule has 4 nitrogen and oxygen atoms in total. The van der Waals surface area contributed by atoms with Gasteiger partial charge in [0.2, 0.25) is 0 Å². The number of hydrogen-bond donors (Lipinski definition) is 1. The molecule has 0 bridgehead atoms. The number of nitrogens with one attached hydrogen (secondary N) is 1. The molecule has 0 saturated heterocycles. The van der Waals surface area contributed by atoms with Crippen molar-refractivity contribution in [2.75, 3.05) is 14.2 Å². The zero-order valence-electron chi connectivity index (χ0n) is 13.0. The summed E-state index contributed by atoms with van der Waals surface area (Å²) in [6.45, 7) is 3.81. The summed E-state index contributed by atoms with van der Waals surface area (Å²) < 4.78 is 19.2. The Morgan fingerprint density at radius 2 is 2.10 bits per heavy atom. The summed E-state index contributed by atoms with van der Waals surface area (Å²) in [6, 6.07) is 4.22. The van der Waals surface area contributed by atoms with E-state index in [-0.39, 0.29) is 17.9 Å². The van der Waals surface area contributed by atoms with Crippen LogP contribution in [0.2, 0.25) is 0 Å². The molecule has 2 rings (SSSR count). The molecule has 0 radical (unpaired) electrons. The van der Waals surface area contributed by atoms with Gasteiger partial charge in [0.1, 0.15) is 11.6 Å². The number of halogens is 1. The molecule has 1 saturated carbocycles. The number of hydrogen-bond acceptors (Lipinski definition) is 2. The monoisotopic (exact) mass is 294 g/mol. The normalized spacial score (nSPS) is 17.0. The van der Waals surface area contributed by atoms with E-state index in [0.717, 1.165) is 0 Å². The number of carbonyl (C=O) groups excluding carboxylic acids is 1. The molecule has 1 N–H and O–H groups in total. The molecule has 0 aromatic heterocycles. The van der Waals surface area contributed by atoms with Crippen molar-refractivity contribution in [1.82, 2.24) is 10.2 Å². The highest BCUT2D eigenvalue weighted by atomic mass is 19.1. The number of amides is 2. The van der Waals surface area contributed by atoms with Crippen molar-refractivity contribution in [3.8, 4) is 5.75 Å². The van der Waals surface area contributed by atoms with Gasteiger partial charge in [-0.05, 0) is 44.7 Å². The maximum atomic E-state index is 14.0. The molecule has 116 valence electrons. The summed E-state index contributed by atoms with van der Waals surface area (Å²) in [4.78, 5) is 14.0. The van der Waals surface area contributed by atoms with Crippen molar-refractivity contribution >= 4 is 6.03 Å². The largest absolute Gasteiger partial charge is 0.496 e. The van der Waals surface area contributed by atoms with Crippen LogP contribution in [0.1, 0.15) is 38.3 Å². The number of nitrogens with zero attached hydrogens (tertiary/aromatic N) is 1. The molecule has 0 aliphatic heterocycles. The van der Waals surface area contributed by atoms with E-state index in [1.807, 2.05) is 6.92 Å². The van der Waals surface area contributed by atoms with E-state index in [2.05, 4.69) is 5.32 Å². The lowest BCUT2D eigenvalue weighted by Gasteiger charge is -2.27. The van der Waals surface area contributed by atoms with Crippen molar-refractivity contribution in [2.24, 2.45) is 5.92 Å². The summed E-state index contributed by atoms with van der Waals surface area (Å²) in [5.41, 5.74) is 0.376. The molecule has 1 aliphatic rings. The predicted octanol–water partition coefficient (Wildman–Crippen LogP) is 3.34. The van der Waals surface area contributed by atoms with Crippen LogP contribution < -0.4 is 10.1 Å². The minimum Gasteiger partial charge on any atom is -0.496 e. The number of benzene rings is 1. The van der Waals surface area contributed by atoms with E-state index in [1.54, 1.807) is 31.0 Å². The van der Waals surface area contributed by atoms with E-state index < -0.39 is 6.04 Å². The maximum Gasteiger partial charge on any atom is 0.317 e. The molecule has 1 aromatic carbocycles. The van der Waals surface area contributed by atoms with Gasteiger partial charge in [-0.15, -0.1) is 0 Å². The van der Waals surface area contributed by atoms with Gasteiger partial charge in [0.15, 0.2) is 0 Å². The first-order chi connectivity index (χ1) is 9.95. The van der Waals surface area contributed by atoms with Crippen molar-refractivity contribution in [1.29, 1.82) is 0 Å². The van der Waals surface area contributed by atoms with E-state index in [0.29, 0.717) is 17.2 Å². The molecular formula is C16H23FN2O2. The van der Waals surface area contributed by atoms with Crippen LogP contribution in [0.3, 0.4) is 0 Å². The first-order valence-electron chi connectivity index (χ1n) is 7.31. The van der Waals surface area contributed by atoms with E-state index in [9.17, 15) is 9.18 Å². The summed E-state index contributed by atoms with van der Waals surface area (Å²) in [5, 5.41) is 2.84. The first-order valence-corrected chi connectivity index (χ1v) is 7.31. The number of methoxy groups -OCH3 is 1. The van der Waals surface area contributed by atoms with Gasteiger partial charge in [-0.2, -0.15) is 0 Å². The number of urea groups is 1. The summed E-state index contributed by atoms with van der Waals surface area (Å²) in [5.74, 6) is 0.666. The molecule has 0 heterocycles. The zero-order valence-corrected chi connectivity index (χ0v) is 13.0. The molecule has 21 heavy (non-hydrogen) atoms. The average Bonchev–Trinajstić information content (AvgIpc) is 3.29. The highest BCUT2D eigenvalue weighted by Crippen LogP contribution is 2.35. The van der Waals surface area contributed by atoms with Gasteiger partial charge in [-0.25, -0.2) is 9.18 Å². The number of carbonyl (C=O) groups is 1. The molecular weight excluding hydrogens is 271 g/mol. The molecule has 5 heteroatoms. The van der Waals surface area contributed by atoms with Crippen LogP contribution in [0.5, 0.6) is 5.75 Å². The van der Waals surface area contributed by atoms with Crippen LogP contribution in [-0.4, -0.2) is 31.1 Å². The van der Waals surface area contributed by atoms with Crippen molar-refractivity contribution < 1.29 is 13.9 Å². The molecule has 2 atom stereocenters.